The minimum Gasteiger partial charge on any atom is -0.508 e. The SMILES string of the molecule is NC(=O)c1ccc(Oc2ccc(O)cc2)cc1. The Labute approximate surface area is 98.3 Å². The highest BCUT2D eigenvalue weighted by atomic mass is 16.5. The second kappa shape index (κ2) is 4.57. The molecule has 4 nitrogen and oxygen atoms in total. The quantitative estimate of drug-likeness (QED) is 0.848. The summed E-state index contributed by atoms with van der Waals surface area (Å²) >= 11 is 0. The summed E-state index contributed by atoms with van der Waals surface area (Å²) in [5.41, 5.74) is 5.56. The van der Waals surface area contributed by atoms with Crippen molar-refractivity contribution in [2.75, 3.05) is 0 Å². The molecule has 0 saturated heterocycles. The predicted octanol–water partition coefficient (Wildman–Crippen LogP) is 2.28. The Morgan fingerprint density at radius 1 is 0.941 bits per heavy atom. The van der Waals surface area contributed by atoms with Crippen LogP contribution < -0.4 is 10.5 Å². The molecule has 17 heavy (non-hydrogen) atoms. The largest absolute Gasteiger partial charge is 0.508 e. The number of nitrogens with two attached hydrogens (primary N) is 1. The number of carbonyl (C=O) groups is 1. The van der Waals surface area contributed by atoms with E-state index in [0.29, 0.717) is 17.1 Å². The minimum atomic E-state index is -0.471. The lowest BCUT2D eigenvalue weighted by Crippen LogP contribution is -2.10. The molecule has 0 saturated carbocycles. The van der Waals surface area contributed by atoms with Gasteiger partial charge in [-0.05, 0) is 48.5 Å². The lowest BCUT2D eigenvalue weighted by Gasteiger charge is -2.05. The van der Waals surface area contributed by atoms with Crippen molar-refractivity contribution < 1.29 is 14.6 Å². The van der Waals surface area contributed by atoms with E-state index in [0.717, 1.165) is 0 Å². The molecular formula is C13H11NO3. The monoisotopic (exact) mass is 229 g/mol. The Kier molecular flexibility index (Phi) is 2.96. The van der Waals surface area contributed by atoms with Crippen LogP contribution in [0.5, 0.6) is 17.2 Å². The molecule has 3 N–H and O–H groups in total. The molecule has 0 bridgehead atoms. The zero-order valence-corrected chi connectivity index (χ0v) is 8.96. The van der Waals surface area contributed by atoms with E-state index in [4.69, 9.17) is 15.6 Å². The summed E-state index contributed by atoms with van der Waals surface area (Å²) < 4.78 is 5.50. The van der Waals surface area contributed by atoms with Crippen molar-refractivity contribution in [3.8, 4) is 17.2 Å². The summed E-state index contributed by atoms with van der Waals surface area (Å²) in [5.74, 6) is 0.915. The molecule has 0 atom stereocenters. The van der Waals surface area contributed by atoms with Crippen LogP contribution in [-0.4, -0.2) is 11.0 Å². The predicted molar refractivity (Wildman–Crippen MR) is 63.1 cm³/mol. The summed E-state index contributed by atoms with van der Waals surface area (Å²) in [6.07, 6.45) is 0. The van der Waals surface area contributed by atoms with Gasteiger partial charge in [0.15, 0.2) is 0 Å². The highest BCUT2D eigenvalue weighted by Gasteiger charge is 2.01. The molecule has 86 valence electrons. The fourth-order valence-electron chi connectivity index (χ4n) is 1.34. The van der Waals surface area contributed by atoms with E-state index in [2.05, 4.69) is 0 Å². The number of phenolic OH excluding ortho intramolecular Hbond substituents is 1. The van der Waals surface area contributed by atoms with Crippen molar-refractivity contribution >= 4 is 5.91 Å². The van der Waals surface area contributed by atoms with E-state index in [-0.39, 0.29) is 5.75 Å². The molecule has 0 spiro atoms. The van der Waals surface area contributed by atoms with Crippen LogP contribution in [0.15, 0.2) is 48.5 Å². The number of hydrogen-bond acceptors (Lipinski definition) is 3. The van der Waals surface area contributed by atoms with Crippen molar-refractivity contribution in [1.82, 2.24) is 0 Å². The van der Waals surface area contributed by atoms with E-state index in [9.17, 15) is 4.79 Å². The maximum atomic E-state index is 10.9. The van der Waals surface area contributed by atoms with Crippen LogP contribution in [0.3, 0.4) is 0 Å². The Hall–Kier alpha value is -2.49. The molecule has 2 rings (SSSR count). The van der Waals surface area contributed by atoms with Gasteiger partial charge in [-0.2, -0.15) is 0 Å². The number of primary amides is 1. The summed E-state index contributed by atoms with van der Waals surface area (Å²) in [7, 11) is 0. The second-order valence-corrected chi connectivity index (χ2v) is 3.48. The minimum absolute atomic E-state index is 0.182. The Bertz CT molecular complexity index is 517. The average molecular weight is 229 g/mol. The third-order valence-electron chi connectivity index (χ3n) is 2.21. The molecule has 0 heterocycles. The van der Waals surface area contributed by atoms with E-state index in [1.807, 2.05) is 0 Å². The third-order valence-corrected chi connectivity index (χ3v) is 2.21. The van der Waals surface area contributed by atoms with Gasteiger partial charge in [0.25, 0.3) is 0 Å². The fraction of sp³-hybridized carbons (Fsp3) is 0. The molecule has 0 unspecified atom stereocenters. The molecule has 1 amide bonds. The first-order valence-electron chi connectivity index (χ1n) is 5.02. The van der Waals surface area contributed by atoms with Crippen molar-refractivity contribution in [3.05, 3.63) is 54.1 Å². The third kappa shape index (κ3) is 2.75. The molecule has 0 aromatic heterocycles. The van der Waals surface area contributed by atoms with Crippen molar-refractivity contribution in [2.24, 2.45) is 5.73 Å². The molecule has 4 heteroatoms. The summed E-state index contributed by atoms with van der Waals surface area (Å²) in [4.78, 5) is 10.9. The fourth-order valence-corrected chi connectivity index (χ4v) is 1.34. The van der Waals surface area contributed by atoms with Crippen molar-refractivity contribution in [1.29, 1.82) is 0 Å². The summed E-state index contributed by atoms with van der Waals surface area (Å²) in [6, 6.07) is 12.9. The van der Waals surface area contributed by atoms with Gasteiger partial charge in [0.2, 0.25) is 5.91 Å². The molecule has 2 aromatic rings. The number of ether oxygens (including phenoxy) is 1. The van der Waals surface area contributed by atoms with Crippen LogP contribution in [0.2, 0.25) is 0 Å². The molecule has 0 radical (unpaired) electrons. The first-order chi connectivity index (χ1) is 8.15. The lowest BCUT2D eigenvalue weighted by atomic mass is 10.2. The molecule has 2 aromatic carbocycles. The molecular weight excluding hydrogens is 218 g/mol. The van der Waals surface area contributed by atoms with Gasteiger partial charge in [0.05, 0.1) is 0 Å². The van der Waals surface area contributed by atoms with E-state index in [1.165, 1.54) is 12.1 Å². The molecule has 0 aliphatic heterocycles. The number of carbonyl (C=O) groups excluding carboxylic acids is 1. The van der Waals surface area contributed by atoms with Gasteiger partial charge in [-0.25, -0.2) is 0 Å². The summed E-state index contributed by atoms with van der Waals surface area (Å²) in [6.45, 7) is 0. The second-order valence-electron chi connectivity index (χ2n) is 3.48. The number of rotatable bonds is 3. The molecule has 0 aliphatic rings. The van der Waals surface area contributed by atoms with Gasteiger partial charge in [0.1, 0.15) is 17.2 Å². The Morgan fingerprint density at radius 2 is 1.41 bits per heavy atom. The van der Waals surface area contributed by atoms with E-state index >= 15 is 0 Å². The van der Waals surface area contributed by atoms with Crippen LogP contribution in [-0.2, 0) is 0 Å². The highest BCUT2D eigenvalue weighted by molar-refractivity contribution is 5.92. The van der Waals surface area contributed by atoms with E-state index < -0.39 is 5.91 Å². The topological polar surface area (TPSA) is 72.6 Å². The van der Waals surface area contributed by atoms with Gasteiger partial charge in [-0.1, -0.05) is 0 Å². The maximum absolute atomic E-state index is 10.9. The van der Waals surface area contributed by atoms with Gasteiger partial charge in [-0.15, -0.1) is 0 Å². The Morgan fingerprint density at radius 3 is 1.88 bits per heavy atom. The number of phenols is 1. The van der Waals surface area contributed by atoms with Crippen LogP contribution in [0.25, 0.3) is 0 Å². The standard InChI is InChI=1S/C13H11NO3/c14-13(16)9-1-5-11(6-2-9)17-12-7-3-10(15)4-8-12/h1-8,15H,(H2,14,16). The van der Waals surface area contributed by atoms with Gasteiger partial charge >= 0.3 is 0 Å². The smallest absolute Gasteiger partial charge is 0.248 e. The normalized spacial score (nSPS) is 9.88. The van der Waals surface area contributed by atoms with Crippen LogP contribution in [0, 0.1) is 0 Å². The Balaban J connectivity index is 2.13. The van der Waals surface area contributed by atoms with Crippen LogP contribution in [0.1, 0.15) is 10.4 Å². The van der Waals surface area contributed by atoms with Gasteiger partial charge < -0.3 is 15.6 Å². The highest BCUT2D eigenvalue weighted by Crippen LogP contribution is 2.23. The van der Waals surface area contributed by atoms with Crippen LogP contribution >= 0.6 is 0 Å². The van der Waals surface area contributed by atoms with Crippen LogP contribution in [0.4, 0.5) is 0 Å². The number of aromatic hydroxyl groups is 1. The lowest BCUT2D eigenvalue weighted by molar-refractivity contribution is 0.100. The van der Waals surface area contributed by atoms with Gasteiger partial charge in [0, 0.05) is 5.56 Å². The van der Waals surface area contributed by atoms with Crippen molar-refractivity contribution in [2.45, 2.75) is 0 Å². The van der Waals surface area contributed by atoms with E-state index in [1.54, 1.807) is 36.4 Å². The number of benzene rings is 2. The number of hydrogen-bond donors (Lipinski definition) is 2. The zero-order chi connectivity index (χ0) is 12.3. The summed E-state index contributed by atoms with van der Waals surface area (Å²) in [5, 5.41) is 9.11. The molecule has 0 fully saturated rings. The zero-order valence-electron chi connectivity index (χ0n) is 8.96. The van der Waals surface area contributed by atoms with Crippen molar-refractivity contribution in [3.63, 3.8) is 0 Å². The first-order valence-corrected chi connectivity index (χ1v) is 5.02. The first kappa shape index (κ1) is 11.0. The molecule has 0 aliphatic carbocycles. The average Bonchev–Trinajstić information content (AvgIpc) is 2.33. The van der Waals surface area contributed by atoms with Gasteiger partial charge in [-0.3, -0.25) is 4.79 Å². The maximum Gasteiger partial charge on any atom is 0.248 e. The number of amides is 1.